The third-order valence-corrected chi connectivity index (χ3v) is 2.81. The van der Waals surface area contributed by atoms with E-state index in [1.807, 2.05) is 43.3 Å². The van der Waals surface area contributed by atoms with Gasteiger partial charge in [0.05, 0.1) is 0 Å². The fourth-order valence-corrected chi connectivity index (χ4v) is 1.95. The molecule has 0 N–H and O–H groups in total. The van der Waals surface area contributed by atoms with Gasteiger partial charge >= 0.3 is 0 Å². The SMILES string of the molecule is CC.CC(=O)N1CCC(c2ccncc2)C1. The van der Waals surface area contributed by atoms with Crippen molar-refractivity contribution in [3.05, 3.63) is 30.1 Å². The number of nitrogens with zero attached hydrogens (tertiary/aromatic N) is 2. The number of carbonyl (C=O) groups excluding carboxylic acids is 1. The Morgan fingerprint density at radius 1 is 1.38 bits per heavy atom. The second kappa shape index (κ2) is 6.26. The van der Waals surface area contributed by atoms with Crippen molar-refractivity contribution >= 4 is 5.91 Å². The fraction of sp³-hybridized carbons (Fsp3) is 0.538. The van der Waals surface area contributed by atoms with Gasteiger partial charge in [-0.05, 0) is 24.1 Å². The topological polar surface area (TPSA) is 33.2 Å². The minimum absolute atomic E-state index is 0.182. The van der Waals surface area contributed by atoms with Crippen LogP contribution in [-0.2, 0) is 4.79 Å². The number of rotatable bonds is 1. The number of pyridine rings is 1. The van der Waals surface area contributed by atoms with Gasteiger partial charge in [-0.15, -0.1) is 0 Å². The van der Waals surface area contributed by atoms with Crippen LogP contribution in [0, 0.1) is 0 Å². The second-order valence-electron chi connectivity index (χ2n) is 3.73. The molecule has 0 spiro atoms. The molecule has 1 fully saturated rings. The number of aromatic nitrogens is 1. The van der Waals surface area contributed by atoms with E-state index in [9.17, 15) is 4.79 Å². The molecule has 3 heteroatoms. The molecule has 3 nitrogen and oxygen atoms in total. The zero-order valence-corrected chi connectivity index (χ0v) is 10.3. The predicted octanol–water partition coefficient (Wildman–Crippen LogP) is 2.44. The van der Waals surface area contributed by atoms with Crippen LogP contribution in [0.2, 0.25) is 0 Å². The van der Waals surface area contributed by atoms with E-state index >= 15 is 0 Å². The fourth-order valence-electron chi connectivity index (χ4n) is 1.95. The molecule has 1 saturated heterocycles. The van der Waals surface area contributed by atoms with Gasteiger partial charge in [-0.3, -0.25) is 9.78 Å². The van der Waals surface area contributed by atoms with Crippen molar-refractivity contribution in [1.29, 1.82) is 0 Å². The van der Waals surface area contributed by atoms with E-state index < -0.39 is 0 Å². The molecular weight excluding hydrogens is 200 g/mol. The Bertz CT molecular complexity index is 324. The summed E-state index contributed by atoms with van der Waals surface area (Å²) in [5.41, 5.74) is 1.30. The van der Waals surface area contributed by atoms with Crippen molar-refractivity contribution in [2.75, 3.05) is 13.1 Å². The molecule has 2 rings (SSSR count). The summed E-state index contributed by atoms with van der Waals surface area (Å²) < 4.78 is 0. The first-order chi connectivity index (χ1) is 7.77. The first-order valence-corrected chi connectivity index (χ1v) is 5.93. The molecule has 1 aliphatic rings. The Morgan fingerprint density at radius 3 is 2.50 bits per heavy atom. The van der Waals surface area contributed by atoms with Crippen LogP contribution in [0.25, 0.3) is 0 Å². The Labute approximate surface area is 97.5 Å². The maximum atomic E-state index is 11.1. The van der Waals surface area contributed by atoms with Gasteiger partial charge in [-0.2, -0.15) is 0 Å². The van der Waals surface area contributed by atoms with Gasteiger partial charge in [-0.1, -0.05) is 13.8 Å². The van der Waals surface area contributed by atoms with Crippen molar-refractivity contribution < 1.29 is 4.79 Å². The van der Waals surface area contributed by atoms with Crippen molar-refractivity contribution in [3.63, 3.8) is 0 Å². The van der Waals surface area contributed by atoms with Gasteiger partial charge in [0, 0.05) is 38.3 Å². The summed E-state index contributed by atoms with van der Waals surface area (Å²) in [5.74, 6) is 0.684. The van der Waals surface area contributed by atoms with Gasteiger partial charge in [0.15, 0.2) is 0 Å². The lowest BCUT2D eigenvalue weighted by Gasteiger charge is -2.13. The van der Waals surface area contributed by atoms with Crippen LogP contribution in [-0.4, -0.2) is 28.9 Å². The summed E-state index contributed by atoms with van der Waals surface area (Å²) in [4.78, 5) is 17.0. The Kier molecular flexibility index (Phi) is 4.96. The monoisotopic (exact) mass is 220 g/mol. The highest BCUT2D eigenvalue weighted by atomic mass is 16.2. The Balaban J connectivity index is 0.000000606. The number of likely N-dealkylation sites (tertiary alicyclic amines) is 1. The molecule has 16 heavy (non-hydrogen) atoms. The van der Waals surface area contributed by atoms with Crippen LogP contribution in [0.3, 0.4) is 0 Å². The summed E-state index contributed by atoms with van der Waals surface area (Å²) in [5, 5.41) is 0. The van der Waals surface area contributed by atoms with Crippen LogP contribution < -0.4 is 0 Å². The van der Waals surface area contributed by atoms with Gasteiger partial charge in [0.25, 0.3) is 0 Å². The standard InChI is InChI=1S/C11H14N2O.C2H6/c1-9(14)13-7-4-11(8-13)10-2-5-12-6-3-10;1-2/h2-3,5-6,11H,4,7-8H2,1H3;1-2H3. The number of amides is 1. The highest BCUT2D eigenvalue weighted by molar-refractivity contribution is 5.73. The lowest BCUT2D eigenvalue weighted by molar-refractivity contribution is -0.127. The smallest absolute Gasteiger partial charge is 0.219 e. The zero-order valence-electron chi connectivity index (χ0n) is 10.3. The van der Waals surface area contributed by atoms with Crippen LogP contribution >= 0.6 is 0 Å². The van der Waals surface area contributed by atoms with Crippen LogP contribution in [0.4, 0.5) is 0 Å². The van der Waals surface area contributed by atoms with E-state index in [0.29, 0.717) is 5.92 Å². The van der Waals surface area contributed by atoms with Crippen LogP contribution in [0.1, 0.15) is 38.7 Å². The van der Waals surface area contributed by atoms with Gasteiger partial charge in [0.1, 0.15) is 0 Å². The van der Waals surface area contributed by atoms with E-state index in [4.69, 9.17) is 0 Å². The first kappa shape index (κ1) is 12.7. The molecule has 1 aromatic heterocycles. The molecule has 1 aromatic rings. The van der Waals surface area contributed by atoms with Crippen LogP contribution in [0.5, 0.6) is 0 Å². The number of carbonyl (C=O) groups is 1. The van der Waals surface area contributed by atoms with Crippen molar-refractivity contribution in [1.82, 2.24) is 9.88 Å². The summed E-state index contributed by atoms with van der Waals surface area (Å²) >= 11 is 0. The normalized spacial score (nSPS) is 18.9. The maximum absolute atomic E-state index is 11.1. The van der Waals surface area contributed by atoms with E-state index in [2.05, 4.69) is 4.98 Å². The van der Waals surface area contributed by atoms with Gasteiger partial charge in [0.2, 0.25) is 5.91 Å². The molecule has 0 radical (unpaired) electrons. The lowest BCUT2D eigenvalue weighted by Crippen LogP contribution is -2.25. The van der Waals surface area contributed by atoms with E-state index in [1.165, 1.54) is 5.56 Å². The quantitative estimate of drug-likeness (QED) is 0.728. The molecule has 1 unspecified atom stereocenters. The van der Waals surface area contributed by atoms with Crippen molar-refractivity contribution in [2.45, 2.75) is 33.1 Å². The summed E-state index contributed by atoms with van der Waals surface area (Å²) in [7, 11) is 0. The summed E-state index contributed by atoms with van der Waals surface area (Å²) in [6.45, 7) is 7.39. The third kappa shape index (κ3) is 3.05. The summed E-state index contributed by atoms with van der Waals surface area (Å²) in [6, 6.07) is 4.07. The van der Waals surface area contributed by atoms with E-state index in [1.54, 1.807) is 6.92 Å². The molecular formula is C13H20N2O. The van der Waals surface area contributed by atoms with Crippen molar-refractivity contribution in [3.8, 4) is 0 Å². The second-order valence-corrected chi connectivity index (χ2v) is 3.73. The molecule has 2 heterocycles. The Morgan fingerprint density at radius 2 is 2.00 bits per heavy atom. The Hall–Kier alpha value is -1.38. The highest BCUT2D eigenvalue weighted by Crippen LogP contribution is 2.26. The minimum Gasteiger partial charge on any atom is -0.342 e. The molecule has 0 saturated carbocycles. The highest BCUT2D eigenvalue weighted by Gasteiger charge is 2.24. The average molecular weight is 220 g/mol. The molecule has 0 aromatic carbocycles. The molecule has 1 aliphatic heterocycles. The van der Waals surface area contributed by atoms with Gasteiger partial charge in [-0.25, -0.2) is 0 Å². The zero-order chi connectivity index (χ0) is 12.0. The van der Waals surface area contributed by atoms with Crippen LogP contribution in [0.15, 0.2) is 24.5 Å². The largest absolute Gasteiger partial charge is 0.342 e. The lowest BCUT2D eigenvalue weighted by atomic mass is 10.00. The summed E-state index contributed by atoms with van der Waals surface area (Å²) in [6.07, 6.45) is 4.70. The molecule has 88 valence electrons. The molecule has 0 aliphatic carbocycles. The number of hydrogen-bond acceptors (Lipinski definition) is 2. The molecule has 0 bridgehead atoms. The maximum Gasteiger partial charge on any atom is 0.219 e. The van der Waals surface area contributed by atoms with E-state index in [0.717, 1.165) is 19.5 Å². The third-order valence-electron chi connectivity index (χ3n) is 2.81. The predicted molar refractivity (Wildman–Crippen MR) is 65.2 cm³/mol. The minimum atomic E-state index is 0.182. The number of hydrogen-bond donors (Lipinski definition) is 0. The molecule has 1 amide bonds. The van der Waals surface area contributed by atoms with E-state index in [-0.39, 0.29) is 5.91 Å². The van der Waals surface area contributed by atoms with Gasteiger partial charge < -0.3 is 4.90 Å². The first-order valence-electron chi connectivity index (χ1n) is 5.93. The average Bonchev–Trinajstić information content (AvgIpc) is 2.82. The molecule has 1 atom stereocenters. The van der Waals surface area contributed by atoms with Crippen molar-refractivity contribution in [2.24, 2.45) is 0 Å².